The Bertz CT molecular complexity index is 471. The van der Waals surface area contributed by atoms with Crippen LogP contribution in [0.2, 0.25) is 0 Å². The third-order valence-corrected chi connectivity index (χ3v) is 2.81. The van der Waals surface area contributed by atoms with Crippen molar-refractivity contribution in [3.63, 3.8) is 0 Å². The molecule has 0 fully saturated rings. The standard InChI is InChI=1S/C13H16N2O3/c1-2-14-13(17)18-7-6-9-4-3-5-11-10(9)8-12(16)15-11/h3-5H,2,6-8H2,1H3,(H,14,17)(H,15,16). The smallest absolute Gasteiger partial charge is 0.407 e. The molecule has 1 aromatic carbocycles. The summed E-state index contributed by atoms with van der Waals surface area (Å²) in [5, 5.41) is 5.36. The van der Waals surface area contributed by atoms with Crippen molar-refractivity contribution >= 4 is 17.7 Å². The van der Waals surface area contributed by atoms with E-state index in [1.54, 1.807) is 0 Å². The van der Waals surface area contributed by atoms with Gasteiger partial charge in [0.1, 0.15) is 0 Å². The Morgan fingerprint density at radius 3 is 3.11 bits per heavy atom. The third kappa shape index (κ3) is 2.80. The van der Waals surface area contributed by atoms with Crippen molar-refractivity contribution in [2.24, 2.45) is 0 Å². The number of carbonyl (C=O) groups is 2. The van der Waals surface area contributed by atoms with E-state index in [9.17, 15) is 9.59 Å². The summed E-state index contributed by atoms with van der Waals surface area (Å²) in [4.78, 5) is 22.4. The molecule has 2 rings (SSSR count). The Morgan fingerprint density at radius 1 is 1.50 bits per heavy atom. The molecular weight excluding hydrogens is 232 g/mol. The number of amides is 2. The number of benzene rings is 1. The van der Waals surface area contributed by atoms with E-state index >= 15 is 0 Å². The molecule has 0 bridgehead atoms. The van der Waals surface area contributed by atoms with Crippen molar-refractivity contribution in [3.05, 3.63) is 29.3 Å². The summed E-state index contributed by atoms with van der Waals surface area (Å²) in [6.45, 7) is 2.71. The van der Waals surface area contributed by atoms with Crippen LogP contribution in [-0.4, -0.2) is 25.2 Å². The highest BCUT2D eigenvalue weighted by Gasteiger charge is 2.20. The van der Waals surface area contributed by atoms with Crippen molar-refractivity contribution in [1.29, 1.82) is 0 Å². The van der Waals surface area contributed by atoms with Gasteiger partial charge in [-0.15, -0.1) is 0 Å². The summed E-state index contributed by atoms with van der Waals surface area (Å²) in [5.41, 5.74) is 2.94. The average Bonchev–Trinajstić information content (AvgIpc) is 2.70. The fourth-order valence-corrected chi connectivity index (χ4v) is 2.00. The number of carbonyl (C=O) groups excluding carboxylic acids is 2. The largest absolute Gasteiger partial charge is 0.449 e. The first-order valence-corrected chi connectivity index (χ1v) is 6.02. The number of hydrogen-bond donors (Lipinski definition) is 2. The van der Waals surface area contributed by atoms with E-state index in [-0.39, 0.29) is 5.91 Å². The molecule has 0 saturated heterocycles. The summed E-state index contributed by atoms with van der Waals surface area (Å²) in [6.07, 6.45) is 0.626. The lowest BCUT2D eigenvalue weighted by Gasteiger charge is -2.08. The number of fused-ring (bicyclic) bond motifs is 1. The first-order chi connectivity index (χ1) is 8.70. The van der Waals surface area contributed by atoms with Crippen molar-refractivity contribution < 1.29 is 14.3 Å². The Labute approximate surface area is 106 Å². The van der Waals surface area contributed by atoms with Crippen molar-refractivity contribution in [1.82, 2.24) is 5.32 Å². The van der Waals surface area contributed by atoms with Crippen LogP contribution in [0.25, 0.3) is 0 Å². The lowest BCUT2D eigenvalue weighted by Crippen LogP contribution is -2.24. The summed E-state index contributed by atoms with van der Waals surface area (Å²) in [6, 6.07) is 5.74. The lowest BCUT2D eigenvalue weighted by atomic mass is 10.0. The van der Waals surface area contributed by atoms with Gasteiger partial charge in [-0.1, -0.05) is 12.1 Å². The first kappa shape index (κ1) is 12.4. The second-order valence-corrected chi connectivity index (χ2v) is 4.08. The number of nitrogens with one attached hydrogen (secondary N) is 2. The number of rotatable bonds is 4. The summed E-state index contributed by atoms with van der Waals surface area (Å²) < 4.78 is 5.02. The van der Waals surface area contributed by atoms with Crippen LogP contribution in [0.4, 0.5) is 10.5 Å². The van der Waals surface area contributed by atoms with Gasteiger partial charge in [-0.25, -0.2) is 4.79 Å². The summed E-state index contributed by atoms with van der Waals surface area (Å²) >= 11 is 0. The average molecular weight is 248 g/mol. The zero-order valence-electron chi connectivity index (χ0n) is 10.3. The minimum Gasteiger partial charge on any atom is -0.449 e. The van der Waals surface area contributed by atoms with Gasteiger partial charge >= 0.3 is 6.09 Å². The molecule has 0 atom stereocenters. The summed E-state index contributed by atoms with van der Waals surface area (Å²) in [7, 11) is 0. The molecule has 1 heterocycles. The predicted octanol–water partition coefficient (Wildman–Crippen LogP) is 1.47. The maximum atomic E-state index is 11.3. The first-order valence-electron chi connectivity index (χ1n) is 6.02. The highest BCUT2D eigenvalue weighted by molar-refractivity contribution is 5.99. The monoisotopic (exact) mass is 248 g/mol. The Kier molecular flexibility index (Phi) is 3.82. The van der Waals surface area contributed by atoms with Crippen molar-refractivity contribution in [3.8, 4) is 0 Å². The van der Waals surface area contributed by atoms with Gasteiger partial charge in [0.05, 0.1) is 13.0 Å². The van der Waals surface area contributed by atoms with Gasteiger partial charge in [0, 0.05) is 18.7 Å². The topological polar surface area (TPSA) is 67.4 Å². The van der Waals surface area contributed by atoms with Crippen LogP contribution in [0.15, 0.2) is 18.2 Å². The Balaban J connectivity index is 1.93. The highest BCUT2D eigenvalue weighted by atomic mass is 16.5. The molecule has 1 aliphatic heterocycles. The van der Waals surface area contributed by atoms with E-state index in [2.05, 4.69) is 10.6 Å². The molecule has 5 heteroatoms. The molecule has 0 spiro atoms. The molecule has 0 radical (unpaired) electrons. The van der Waals surface area contributed by atoms with Gasteiger partial charge in [-0.05, 0) is 24.1 Å². The van der Waals surface area contributed by atoms with Crippen LogP contribution in [0.5, 0.6) is 0 Å². The third-order valence-electron chi connectivity index (χ3n) is 2.81. The molecule has 0 unspecified atom stereocenters. The van der Waals surface area contributed by atoms with Crippen LogP contribution in [0.1, 0.15) is 18.1 Å². The van der Waals surface area contributed by atoms with Gasteiger partial charge in [-0.2, -0.15) is 0 Å². The van der Waals surface area contributed by atoms with Gasteiger partial charge in [-0.3, -0.25) is 4.79 Å². The lowest BCUT2D eigenvalue weighted by molar-refractivity contribution is -0.115. The van der Waals surface area contributed by atoms with E-state index < -0.39 is 6.09 Å². The Hall–Kier alpha value is -2.04. The molecule has 5 nitrogen and oxygen atoms in total. The Morgan fingerprint density at radius 2 is 2.33 bits per heavy atom. The van der Waals surface area contributed by atoms with E-state index in [0.717, 1.165) is 16.8 Å². The van der Waals surface area contributed by atoms with Crippen LogP contribution >= 0.6 is 0 Å². The number of alkyl carbamates (subject to hydrolysis) is 1. The molecule has 2 N–H and O–H groups in total. The molecule has 18 heavy (non-hydrogen) atoms. The van der Waals surface area contributed by atoms with E-state index in [0.29, 0.717) is 26.0 Å². The maximum absolute atomic E-state index is 11.3. The second kappa shape index (κ2) is 5.53. The molecule has 2 amide bonds. The quantitative estimate of drug-likeness (QED) is 0.847. The van der Waals surface area contributed by atoms with Gasteiger partial charge in [0.15, 0.2) is 0 Å². The maximum Gasteiger partial charge on any atom is 0.407 e. The molecule has 1 aromatic rings. The molecule has 96 valence electrons. The molecule has 0 aromatic heterocycles. The molecular formula is C13H16N2O3. The molecule has 0 saturated carbocycles. The van der Waals surface area contributed by atoms with Crippen LogP contribution in [0, 0.1) is 0 Å². The second-order valence-electron chi connectivity index (χ2n) is 4.08. The van der Waals surface area contributed by atoms with Gasteiger partial charge in [0.25, 0.3) is 0 Å². The number of ether oxygens (including phenoxy) is 1. The fraction of sp³-hybridized carbons (Fsp3) is 0.385. The highest BCUT2D eigenvalue weighted by Crippen LogP contribution is 2.26. The number of hydrogen-bond acceptors (Lipinski definition) is 3. The van der Waals surface area contributed by atoms with Crippen molar-refractivity contribution in [2.45, 2.75) is 19.8 Å². The van der Waals surface area contributed by atoms with E-state index in [4.69, 9.17) is 4.74 Å². The van der Waals surface area contributed by atoms with E-state index in [1.807, 2.05) is 25.1 Å². The molecule has 0 aliphatic carbocycles. The van der Waals surface area contributed by atoms with Crippen LogP contribution in [-0.2, 0) is 22.4 Å². The number of anilines is 1. The van der Waals surface area contributed by atoms with Crippen LogP contribution < -0.4 is 10.6 Å². The minimum atomic E-state index is -0.403. The fourth-order valence-electron chi connectivity index (χ4n) is 2.00. The zero-order valence-corrected chi connectivity index (χ0v) is 10.3. The van der Waals surface area contributed by atoms with Gasteiger partial charge < -0.3 is 15.4 Å². The van der Waals surface area contributed by atoms with Gasteiger partial charge in [0.2, 0.25) is 5.91 Å². The SMILES string of the molecule is CCNC(=O)OCCc1cccc2c1CC(=O)N2. The molecule has 1 aliphatic rings. The minimum absolute atomic E-state index is 0.0158. The van der Waals surface area contributed by atoms with Crippen LogP contribution in [0.3, 0.4) is 0 Å². The van der Waals surface area contributed by atoms with Crippen molar-refractivity contribution in [2.75, 3.05) is 18.5 Å². The predicted molar refractivity (Wildman–Crippen MR) is 67.5 cm³/mol. The zero-order chi connectivity index (χ0) is 13.0. The van der Waals surface area contributed by atoms with E-state index in [1.165, 1.54) is 0 Å². The summed E-state index contributed by atoms with van der Waals surface area (Å²) in [5.74, 6) is 0.0158. The normalized spacial score (nSPS) is 12.8.